The lowest BCUT2D eigenvalue weighted by Gasteiger charge is -2.07. The number of rotatable bonds is 2. The second-order valence-corrected chi connectivity index (χ2v) is 5.37. The number of anilines is 2. The van der Waals surface area contributed by atoms with Crippen LogP contribution < -0.4 is 11.1 Å². The van der Waals surface area contributed by atoms with E-state index in [1.54, 1.807) is 35.7 Å². The Hall–Kier alpha value is -2.48. The van der Waals surface area contributed by atoms with E-state index in [9.17, 15) is 4.79 Å². The van der Waals surface area contributed by atoms with Gasteiger partial charge in [0.25, 0.3) is 5.91 Å². The maximum absolute atomic E-state index is 12.3. The molecule has 0 fully saturated rings. The van der Waals surface area contributed by atoms with Gasteiger partial charge in [-0.25, -0.2) is 0 Å². The van der Waals surface area contributed by atoms with E-state index >= 15 is 0 Å². The van der Waals surface area contributed by atoms with Gasteiger partial charge in [-0.05, 0) is 25.1 Å². The van der Waals surface area contributed by atoms with Crippen molar-refractivity contribution in [3.63, 3.8) is 0 Å². The zero-order valence-electron chi connectivity index (χ0n) is 11.0. The van der Waals surface area contributed by atoms with Gasteiger partial charge in [0, 0.05) is 10.7 Å². The summed E-state index contributed by atoms with van der Waals surface area (Å²) >= 11 is 3.35. The number of aryl methyl sites for hydroxylation is 1. The number of hydrogen-bond donors (Lipinski definition) is 2. The van der Waals surface area contributed by atoms with Gasteiger partial charge in [0.15, 0.2) is 5.65 Å². The molecule has 3 rings (SSSR count). The zero-order chi connectivity index (χ0) is 15.0. The Morgan fingerprint density at radius 1 is 1.38 bits per heavy atom. The van der Waals surface area contributed by atoms with Gasteiger partial charge in [0.05, 0.1) is 23.3 Å². The Morgan fingerprint density at radius 2 is 2.19 bits per heavy atom. The third kappa shape index (κ3) is 2.57. The summed E-state index contributed by atoms with van der Waals surface area (Å²) in [6.07, 6.45) is 3.26. The fraction of sp³-hybridized carbons (Fsp3) is 0.0769. The summed E-state index contributed by atoms with van der Waals surface area (Å²) in [6, 6.07) is 5.23. The molecule has 0 radical (unpaired) electrons. The van der Waals surface area contributed by atoms with Crippen LogP contribution in [-0.2, 0) is 0 Å². The predicted octanol–water partition coefficient (Wildman–Crippen LogP) is 2.03. The van der Waals surface area contributed by atoms with Gasteiger partial charge in [-0.3, -0.25) is 14.2 Å². The van der Waals surface area contributed by atoms with E-state index in [2.05, 4.69) is 36.4 Å². The van der Waals surface area contributed by atoms with Gasteiger partial charge in [0.1, 0.15) is 0 Å². The van der Waals surface area contributed by atoms with Crippen molar-refractivity contribution in [2.75, 3.05) is 11.1 Å². The van der Waals surface area contributed by atoms with E-state index in [4.69, 9.17) is 5.73 Å². The van der Waals surface area contributed by atoms with Crippen LogP contribution in [0.3, 0.4) is 0 Å². The molecule has 3 N–H and O–H groups in total. The van der Waals surface area contributed by atoms with Gasteiger partial charge in [-0.1, -0.05) is 15.9 Å². The average molecular weight is 347 g/mol. The fourth-order valence-corrected chi connectivity index (χ4v) is 2.20. The van der Waals surface area contributed by atoms with Crippen LogP contribution in [0, 0.1) is 6.92 Å². The monoisotopic (exact) mass is 346 g/mol. The lowest BCUT2D eigenvalue weighted by molar-refractivity contribution is 0.101. The van der Waals surface area contributed by atoms with E-state index in [0.717, 1.165) is 4.47 Å². The van der Waals surface area contributed by atoms with Gasteiger partial charge in [-0.15, -0.1) is 10.2 Å². The Labute approximate surface area is 128 Å². The molecule has 7 nitrogen and oxygen atoms in total. The fourth-order valence-electron chi connectivity index (χ4n) is 1.87. The molecule has 21 heavy (non-hydrogen) atoms. The summed E-state index contributed by atoms with van der Waals surface area (Å²) in [5, 5.41) is 10.6. The summed E-state index contributed by atoms with van der Waals surface area (Å²) in [4.78, 5) is 16.4. The highest BCUT2D eigenvalue weighted by atomic mass is 79.9. The van der Waals surface area contributed by atoms with Gasteiger partial charge in [-0.2, -0.15) is 0 Å². The second-order valence-electron chi connectivity index (χ2n) is 4.45. The smallest absolute Gasteiger partial charge is 0.294 e. The minimum Gasteiger partial charge on any atom is -0.397 e. The first-order valence-electron chi connectivity index (χ1n) is 6.08. The summed E-state index contributed by atoms with van der Waals surface area (Å²) in [7, 11) is 0. The number of nitrogens with one attached hydrogen (secondary N) is 1. The summed E-state index contributed by atoms with van der Waals surface area (Å²) in [5.41, 5.74) is 7.96. The van der Waals surface area contributed by atoms with E-state index in [0.29, 0.717) is 22.7 Å². The molecule has 0 aliphatic heterocycles. The highest BCUT2D eigenvalue weighted by molar-refractivity contribution is 9.10. The topological polar surface area (TPSA) is 98.2 Å². The Bertz CT molecular complexity index is 844. The van der Waals surface area contributed by atoms with Crippen molar-refractivity contribution in [1.82, 2.24) is 19.6 Å². The van der Waals surface area contributed by atoms with Crippen molar-refractivity contribution in [2.24, 2.45) is 0 Å². The van der Waals surface area contributed by atoms with Crippen molar-refractivity contribution in [3.05, 3.63) is 46.6 Å². The number of aromatic nitrogens is 4. The predicted molar refractivity (Wildman–Crippen MR) is 82.0 cm³/mol. The van der Waals surface area contributed by atoms with Crippen LogP contribution in [0.2, 0.25) is 0 Å². The lowest BCUT2D eigenvalue weighted by atomic mass is 10.3. The molecule has 0 aliphatic rings. The SMILES string of the molecule is Cc1ncc(N)cc1NC(=O)c1nnc2cc(Br)ccn12. The van der Waals surface area contributed by atoms with Crippen molar-refractivity contribution >= 4 is 38.9 Å². The molecule has 0 aromatic carbocycles. The number of pyridine rings is 2. The number of carbonyl (C=O) groups excluding carboxylic acids is 1. The number of amides is 1. The molecule has 0 aliphatic carbocycles. The van der Waals surface area contributed by atoms with Gasteiger partial charge >= 0.3 is 0 Å². The summed E-state index contributed by atoms with van der Waals surface area (Å²) in [6.45, 7) is 1.79. The number of nitrogens with zero attached hydrogens (tertiary/aromatic N) is 4. The highest BCUT2D eigenvalue weighted by Crippen LogP contribution is 2.17. The van der Waals surface area contributed by atoms with E-state index in [-0.39, 0.29) is 11.7 Å². The van der Waals surface area contributed by atoms with E-state index < -0.39 is 0 Å². The first-order chi connectivity index (χ1) is 10.0. The van der Waals surface area contributed by atoms with Crippen molar-refractivity contribution < 1.29 is 4.79 Å². The van der Waals surface area contributed by atoms with Crippen LogP contribution in [0.4, 0.5) is 11.4 Å². The molecule has 0 unspecified atom stereocenters. The molecule has 0 saturated carbocycles. The number of hydrogen-bond acceptors (Lipinski definition) is 5. The van der Waals surface area contributed by atoms with Crippen molar-refractivity contribution in [1.29, 1.82) is 0 Å². The average Bonchev–Trinajstić information content (AvgIpc) is 2.85. The van der Waals surface area contributed by atoms with Crippen LogP contribution in [0.1, 0.15) is 16.3 Å². The van der Waals surface area contributed by atoms with Crippen LogP contribution in [0.5, 0.6) is 0 Å². The minimum atomic E-state index is -0.375. The van der Waals surface area contributed by atoms with Crippen LogP contribution in [0.15, 0.2) is 35.1 Å². The highest BCUT2D eigenvalue weighted by Gasteiger charge is 2.15. The molecule has 0 bridgehead atoms. The van der Waals surface area contributed by atoms with E-state index in [1.807, 2.05) is 0 Å². The van der Waals surface area contributed by atoms with Gasteiger partial charge in [0.2, 0.25) is 5.82 Å². The molecule has 3 heterocycles. The first-order valence-corrected chi connectivity index (χ1v) is 6.87. The molecule has 3 aromatic heterocycles. The Kier molecular flexibility index (Phi) is 3.30. The van der Waals surface area contributed by atoms with E-state index in [1.165, 1.54) is 6.20 Å². The summed E-state index contributed by atoms with van der Waals surface area (Å²) < 4.78 is 2.47. The molecule has 0 spiro atoms. The number of carbonyl (C=O) groups is 1. The standard InChI is InChI=1S/C13H11BrN6O/c1-7-10(5-9(15)6-16-7)17-13(21)12-19-18-11-4-8(14)2-3-20(11)12/h2-6H,15H2,1H3,(H,17,21). The molecule has 0 atom stereocenters. The molecule has 3 aromatic rings. The van der Waals surface area contributed by atoms with Crippen LogP contribution >= 0.6 is 15.9 Å². The Morgan fingerprint density at radius 3 is 3.00 bits per heavy atom. The molecule has 0 saturated heterocycles. The molecule has 106 valence electrons. The quantitative estimate of drug-likeness (QED) is 0.739. The largest absolute Gasteiger partial charge is 0.397 e. The third-order valence-electron chi connectivity index (χ3n) is 2.93. The maximum Gasteiger partial charge on any atom is 0.294 e. The molecular weight excluding hydrogens is 336 g/mol. The maximum atomic E-state index is 12.3. The molecule has 8 heteroatoms. The number of nitrogen functional groups attached to an aromatic ring is 1. The minimum absolute atomic E-state index is 0.194. The zero-order valence-corrected chi connectivity index (χ0v) is 12.6. The third-order valence-corrected chi connectivity index (χ3v) is 3.42. The first kappa shape index (κ1) is 13.5. The lowest BCUT2D eigenvalue weighted by Crippen LogP contribution is -2.16. The van der Waals surface area contributed by atoms with Gasteiger partial charge < -0.3 is 11.1 Å². The normalized spacial score (nSPS) is 10.8. The molecular formula is C13H11BrN6O. The molecule has 1 amide bonds. The number of fused-ring (bicyclic) bond motifs is 1. The second kappa shape index (κ2) is 5.13. The van der Waals surface area contributed by atoms with Crippen LogP contribution in [-0.4, -0.2) is 25.5 Å². The van der Waals surface area contributed by atoms with Crippen LogP contribution in [0.25, 0.3) is 5.65 Å². The number of nitrogens with two attached hydrogens (primary N) is 1. The number of halogens is 1. The van der Waals surface area contributed by atoms with Crippen molar-refractivity contribution in [3.8, 4) is 0 Å². The summed E-state index contributed by atoms with van der Waals surface area (Å²) in [5.74, 6) is -0.181. The Balaban J connectivity index is 1.95. The van der Waals surface area contributed by atoms with Crippen molar-refractivity contribution in [2.45, 2.75) is 6.92 Å².